The number of carbonyl (C=O) groups excluding carboxylic acids is 3. The third kappa shape index (κ3) is 4.88. The van der Waals surface area contributed by atoms with Gasteiger partial charge in [-0.25, -0.2) is 4.98 Å². The molecule has 35 heavy (non-hydrogen) atoms. The summed E-state index contributed by atoms with van der Waals surface area (Å²) in [7, 11) is 0. The molecule has 5 rings (SSSR count). The fraction of sp³-hybridized carbons (Fsp3) is 0.259. The van der Waals surface area contributed by atoms with Crippen molar-refractivity contribution in [1.82, 2.24) is 19.6 Å². The summed E-state index contributed by atoms with van der Waals surface area (Å²) in [5.41, 5.74) is 2.53. The van der Waals surface area contributed by atoms with Crippen LogP contribution in [0.4, 0.5) is 0 Å². The number of amides is 2. The van der Waals surface area contributed by atoms with Crippen LogP contribution in [0.2, 0.25) is 0 Å². The average molecular weight is 487 g/mol. The number of nitrogens with one attached hydrogen (secondary N) is 1. The zero-order chi connectivity index (χ0) is 24.4. The van der Waals surface area contributed by atoms with Crippen LogP contribution in [0.25, 0.3) is 15.4 Å². The predicted molar refractivity (Wildman–Crippen MR) is 135 cm³/mol. The van der Waals surface area contributed by atoms with E-state index in [-0.39, 0.29) is 24.0 Å². The van der Waals surface area contributed by atoms with Crippen molar-refractivity contribution >= 4 is 33.9 Å². The lowest BCUT2D eigenvalue weighted by atomic mass is 10.0. The minimum Gasteiger partial charge on any atom is -0.341 e. The number of aromatic nitrogens is 2. The molecular weight excluding hydrogens is 460 g/mol. The normalized spacial score (nSPS) is 16.4. The van der Waals surface area contributed by atoms with Gasteiger partial charge in [0.1, 0.15) is 6.04 Å². The first-order valence-corrected chi connectivity index (χ1v) is 12.5. The standard InChI is InChI=1S/C27H26N4O3S/c1-18(32)28-25(20-11-6-3-7-12-20)26(34)31-14-8-13-22(31)23(33)15-21-16-30-17-24(35-27(30)29-21)19-9-4-2-5-10-19/h2-7,9-12,16-17,22,25H,8,13-15H2,1H3,(H,28,32)/t22-,25+/m0/s1. The van der Waals surface area contributed by atoms with E-state index in [2.05, 4.69) is 22.4 Å². The summed E-state index contributed by atoms with van der Waals surface area (Å²) in [6, 6.07) is 17.9. The first-order valence-electron chi connectivity index (χ1n) is 11.7. The van der Waals surface area contributed by atoms with Crippen molar-refractivity contribution in [2.75, 3.05) is 6.54 Å². The van der Waals surface area contributed by atoms with Gasteiger partial charge in [0.05, 0.1) is 23.0 Å². The van der Waals surface area contributed by atoms with Gasteiger partial charge in [0.15, 0.2) is 10.7 Å². The molecule has 7 nitrogen and oxygen atoms in total. The van der Waals surface area contributed by atoms with Crippen LogP contribution < -0.4 is 5.32 Å². The number of nitrogens with zero attached hydrogens (tertiary/aromatic N) is 3. The van der Waals surface area contributed by atoms with Crippen molar-refractivity contribution in [3.8, 4) is 10.4 Å². The van der Waals surface area contributed by atoms with E-state index in [0.29, 0.717) is 24.2 Å². The van der Waals surface area contributed by atoms with Gasteiger partial charge >= 0.3 is 0 Å². The Morgan fingerprint density at radius 3 is 2.46 bits per heavy atom. The molecule has 2 aromatic heterocycles. The highest BCUT2D eigenvalue weighted by molar-refractivity contribution is 7.20. The molecule has 2 amide bonds. The molecule has 0 spiro atoms. The van der Waals surface area contributed by atoms with Gasteiger partial charge in [-0.3, -0.25) is 18.8 Å². The summed E-state index contributed by atoms with van der Waals surface area (Å²) in [6.45, 7) is 1.89. The topological polar surface area (TPSA) is 83.8 Å². The molecule has 178 valence electrons. The largest absolute Gasteiger partial charge is 0.341 e. The Labute approximate surface area is 207 Å². The number of likely N-dealkylation sites (tertiary alicyclic amines) is 1. The fourth-order valence-corrected chi connectivity index (χ4v) is 5.62. The second-order valence-electron chi connectivity index (χ2n) is 8.76. The summed E-state index contributed by atoms with van der Waals surface area (Å²) >= 11 is 1.58. The Morgan fingerprint density at radius 2 is 1.77 bits per heavy atom. The minimum absolute atomic E-state index is 0.0282. The number of hydrogen-bond acceptors (Lipinski definition) is 5. The van der Waals surface area contributed by atoms with Crippen LogP contribution >= 0.6 is 11.3 Å². The average Bonchev–Trinajstić information content (AvgIpc) is 3.58. The molecule has 0 unspecified atom stereocenters. The summed E-state index contributed by atoms with van der Waals surface area (Å²) < 4.78 is 1.95. The lowest BCUT2D eigenvalue weighted by Crippen LogP contribution is -2.47. The maximum Gasteiger partial charge on any atom is 0.250 e. The van der Waals surface area contributed by atoms with Crippen LogP contribution in [-0.2, 0) is 20.8 Å². The van der Waals surface area contributed by atoms with Crippen molar-refractivity contribution in [1.29, 1.82) is 0 Å². The van der Waals surface area contributed by atoms with E-state index < -0.39 is 12.1 Å². The maximum atomic E-state index is 13.5. The lowest BCUT2D eigenvalue weighted by molar-refractivity contribution is -0.140. The molecule has 0 radical (unpaired) electrons. The molecule has 1 aliphatic heterocycles. The SMILES string of the molecule is CC(=O)N[C@@H](C(=O)N1CCC[C@H]1C(=O)Cc1cn2cc(-c3ccccc3)sc2n1)c1ccccc1. The Hall–Kier alpha value is -3.78. The van der Waals surface area contributed by atoms with Crippen molar-refractivity contribution in [2.24, 2.45) is 0 Å². The highest BCUT2D eigenvalue weighted by atomic mass is 32.1. The molecule has 0 aliphatic carbocycles. The van der Waals surface area contributed by atoms with Gasteiger partial charge in [-0.15, -0.1) is 0 Å². The van der Waals surface area contributed by atoms with Crippen LogP contribution in [0.3, 0.4) is 0 Å². The molecule has 0 saturated carbocycles. The molecule has 3 heterocycles. The molecule has 1 fully saturated rings. The Morgan fingerprint density at radius 1 is 1.06 bits per heavy atom. The molecule has 4 aromatic rings. The van der Waals surface area contributed by atoms with E-state index in [1.807, 2.05) is 65.3 Å². The lowest BCUT2D eigenvalue weighted by Gasteiger charge is -2.28. The van der Waals surface area contributed by atoms with E-state index in [1.165, 1.54) is 6.92 Å². The number of rotatable bonds is 7. The van der Waals surface area contributed by atoms with Crippen LogP contribution in [-0.4, -0.2) is 44.5 Å². The van der Waals surface area contributed by atoms with E-state index in [9.17, 15) is 14.4 Å². The molecule has 8 heteroatoms. The summed E-state index contributed by atoms with van der Waals surface area (Å²) in [4.78, 5) is 46.8. The zero-order valence-corrected chi connectivity index (χ0v) is 20.2. The van der Waals surface area contributed by atoms with Gasteiger partial charge in [-0.2, -0.15) is 0 Å². The highest BCUT2D eigenvalue weighted by Gasteiger charge is 2.37. The quantitative estimate of drug-likeness (QED) is 0.427. The Bertz CT molecular complexity index is 1330. The van der Waals surface area contributed by atoms with Crippen molar-refractivity contribution in [3.63, 3.8) is 0 Å². The van der Waals surface area contributed by atoms with Gasteiger partial charge in [0, 0.05) is 25.9 Å². The van der Waals surface area contributed by atoms with E-state index in [4.69, 9.17) is 0 Å². The number of hydrogen-bond donors (Lipinski definition) is 1. The van der Waals surface area contributed by atoms with Crippen molar-refractivity contribution in [3.05, 3.63) is 84.3 Å². The van der Waals surface area contributed by atoms with Gasteiger partial charge in [0.2, 0.25) is 11.8 Å². The van der Waals surface area contributed by atoms with Gasteiger partial charge < -0.3 is 10.2 Å². The number of carbonyl (C=O) groups is 3. The van der Waals surface area contributed by atoms with Crippen LogP contribution in [0.15, 0.2) is 73.1 Å². The summed E-state index contributed by atoms with van der Waals surface area (Å²) in [5.74, 6) is -0.567. The van der Waals surface area contributed by atoms with Gasteiger partial charge in [-0.1, -0.05) is 72.0 Å². The molecule has 2 aromatic carbocycles. The second kappa shape index (κ2) is 9.84. The number of fused-ring (bicyclic) bond motifs is 1. The maximum absolute atomic E-state index is 13.5. The third-order valence-electron chi connectivity index (χ3n) is 6.25. The first-order chi connectivity index (χ1) is 17.0. The molecule has 0 bridgehead atoms. The predicted octanol–water partition coefficient (Wildman–Crippen LogP) is 4.04. The van der Waals surface area contributed by atoms with Crippen LogP contribution in [0.1, 0.15) is 37.1 Å². The summed E-state index contributed by atoms with van der Waals surface area (Å²) in [5, 5.41) is 2.76. The van der Waals surface area contributed by atoms with Crippen molar-refractivity contribution < 1.29 is 14.4 Å². The number of Topliss-reactive ketones (excluding diaryl/α,β-unsaturated/α-hetero) is 1. The Balaban J connectivity index is 1.31. The Kier molecular flexibility index (Phi) is 6.46. The molecule has 1 aliphatic rings. The summed E-state index contributed by atoms with van der Waals surface area (Å²) in [6.07, 6.45) is 5.45. The van der Waals surface area contributed by atoms with E-state index in [0.717, 1.165) is 21.8 Å². The number of ketones is 1. The molecule has 1 N–H and O–H groups in total. The minimum atomic E-state index is -0.809. The van der Waals surface area contributed by atoms with Crippen LogP contribution in [0.5, 0.6) is 0 Å². The van der Waals surface area contributed by atoms with Gasteiger partial charge in [0.25, 0.3) is 0 Å². The molecule has 1 saturated heterocycles. The zero-order valence-electron chi connectivity index (χ0n) is 19.4. The number of thiazole rings is 1. The van der Waals surface area contributed by atoms with Crippen LogP contribution in [0, 0.1) is 0 Å². The third-order valence-corrected chi connectivity index (χ3v) is 7.30. The molecule has 2 atom stereocenters. The first kappa shape index (κ1) is 23.0. The van der Waals surface area contributed by atoms with Crippen molar-refractivity contribution in [2.45, 2.75) is 38.3 Å². The monoisotopic (exact) mass is 486 g/mol. The number of benzene rings is 2. The smallest absolute Gasteiger partial charge is 0.250 e. The van der Waals surface area contributed by atoms with Gasteiger partial charge in [-0.05, 0) is 24.0 Å². The van der Waals surface area contributed by atoms with E-state index >= 15 is 0 Å². The highest BCUT2D eigenvalue weighted by Crippen LogP contribution is 2.29. The second-order valence-corrected chi connectivity index (χ2v) is 9.77. The number of imidazole rings is 1. The molecular formula is C27H26N4O3S. The van der Waals surface area contributed by atoms with E-state index in [1.54, 1.807) is 16.2 Å². The fourth-order valence-electron chi connectivity index (χ4n) is 4.63.